The van der Waals surface area contributed by atoms with Gasteiger partial charge in [0.05, 0.1) is 25.8 Å². The summed E-state index contributed by atoms with van der Waals surface area (Å²) in [5.41, 5.74) is 0.953. The van der Waals surface area contributed by atoms with Crippen LogP contribution in [0.5, 0.6) is 0 Å². The van der Waals surface area contributed by atoms with Gasteiger partial charge in [-0.3, -0.25) is 19.3 Å². The largest absolute Gasteiger partial charge is 0.465 e. The summed E-state index contributed by atoms with van der Waals surface area (Å²) in [6.07, 6.45) is 0.156. The summed E-state index contributed by atoms with van der Waals surface area (Å²) in [5.74, 6) is -1.97. The zero-order chi connectivity index (χ0) is 21.1. The molecule has 2 aliphatic heterocycles. The van der Waals surface area contributed by atoms with Crippen LogP contribution in [0.2, 0.25) is 0 Å². The average molecular weight is 423 g/mol. The Morgan fingerprint density at radius 1 is 1.14 bits per heavy atom. The molecule has 0 aliphatic carbocycles. The van der Waals surface area contributed by atoms with E-state index in [1.54, 1.807) is 6.92 Å². The van der Waals surface area contributed by atoms with Gasteiger partial charge in [0.15, 0.2) is 0 Å². The maximum atomic E-state index is 12.4. The molecule has 156 valence electrons. The number of imide groups is 1. The highest BCUT2D eigenvalue weighted by Crippen LogP contribution is 2.37. The molecule has 0 atom stereocenters. The molecule has 1 aromatic rings. The summed E-state index contributed by atoms with van der Waals surface area (Å²) in [6, 6.07) is 0. The van der Waals surface area contributed by atoms with E-state index in [2.05, 4.69) is 5.32 Å². The quantitative estimate of drug-likeness (QED) is 0.556. The van der Waals surface area contributed by atoms with Gasteiger partial charge in [-0.15, -0.1) is 11.3 Å². The number of anilines is 1. The van der Waals surface area contributed by atoms with Crippen molar-refractivity contribution in [2.45, 2.75) is 32.7 Å². The van der Waals surface area contributed by atoms with Crippen LogP contribution >= 0.6 is 11.3 Å². The second-order valence-electron chi connectivity index (χ2n) is 6.49. The Morgan fingerprint density at radius 3 is 2.45 bits per heavy atom. The molecule has 0 radical (unpaired) electrons. The fourth-order valence-electron chi connectivity index (χ4n) is 3.29. The van der Waals surface area contributed by atoms with Crippen LogP contribution in [0.15, 0.2) is 0 Å². The second kappa shape index (κ2) is 8.60. The number of methoxy groups -OCH3 is 1. The number of likely N-dealkylation sites (tertiary alicyclic amines) is 1. The maximum Gasteiger partial charge on any atom is 0.410 e. The second-order valence-corrected chi connectivity index (χ2v) is 7.60. The lowest BCUT2D eigenvalue weighted by atomic mass is 10.0. The third-order valence-electron chi connectivity index (χ3n) is 4.68. The zero-order valence-electron chi connectivity index (χ0n) is 16.1. The normalized spacial score (nSPS) is 15.9. The summed E-state index contributed by atoms with van der Waals surface area (Å²) < 4.78 is 9.88. The minimum atomic E-state index is -0.601. The molecule has 1 N–H and O–H groups in total. The van der Waals surface area contributed by atoms with Gasteiger partial charge in [-0.25, -0.2) is 9.59 Å². The van der Waals surface area contributed by atoms with Crippen molar-refractivity contribution in [1.82, 2.24) is 9.80 Å². The first kappa shape index (κ1) is 20.8. The van der Waals surface area contributed by atoms with Crippen molar-refractivity contribution in [2.75, 3.05) is 32.1 Å². The molecule has 3 rings (SSSR count). The Morgan fingerprint density at radius 2 is 1.83 bits per heavy atom. The molecule has 0 saturated carbocycles. The van der Waals surface area contributed by atoms with Gasteiger partial charge in [-0.05, 0) is 18.9 Å². The number of carbonyl (C=O) groups excluding carboxylic acids is 5. The lowest BCUT2D eigenvalue weighted by molar-refractivity contribution is -0.141. The first-order valence-corrected chi connectivity index (χ1v) is 9.94. The smallest absolute Gasteiger partial charge is 0.410 e. The monoisotopic (exact) mass is 423 g/mol. The number of fused-ring (bicyclic) bond motifs is 1. The first-order valence-electron chi connectivity index (χ1n) is 9.13. The van der Waals surface area contributed by atoms with Gasteiger partial charge in [-0.1, -0.05) is 0 Å². The lowest BCUT2D eigenvalue weighted by Gasteiger charge is -2.26. The third-order valence-corrected chi connectivity index (χ3v) is 5.81. The van der Waals surface area contributed by atoms with E-state index in [0.29, 0.717) is 18.5 Å². The van der Waals surface area contributed by atoms with Gasteiger partial charge < -0.3 is 19.7 Å². The number of carbonyl (C=O) groups is 5. The van der Waals surface area contributed by atoms with Crippen LogP contribution in [0.1, 0.15) is 40.6 Å². The highest BCUT2D eigenvalue weighted by atomic mass is 32.1. The van der Waals surface area contributed by atoms with Gasteiger partial charge in [0.2, 0.25) is 17.7 Å². The fourth-order valence-corrected chi connectivity index (χ4v) is 4.56. The Balaban J connectivity index is 1.80. The van der Waals surface area contributed by atoms with E-state index in [1.165, 1.54) is 12.0 Å². The van der Waals surface area contributed by atoms with Crippen molar-refractivity contribution in [3.63, 3.8) is 0 Å². The van der Waals surface area contributed by atoms with Crippen molar-refractivity contribution >= 4 is 46.1 Å². The van der Waals surface area contributed by atoms with E-state index in [0.717, 1.165) is 21.1 Å². The van der Waals surface area contributed by atoms with Crippen molar-refractivity contribution in [3.8, 4) is 0 Å². The Hall–Kier alpha value is -2.95. The average Bonchev–Trinajstić information content (AvgIpc) is 3.21. The molecule has 29 heavy (non-hydrogen) atoms. The summed E-state index contributed by atoms with van der Waals surface area (Å²) in [4.78, 5) is 63.3. The number of amides is 4. The van der Waals surface area contributed by atoms with Gasteiger partial charge in [0.1, 0.15) is 11.5 Å². The van der Waals surface area contributed by atoms with Crippen molar-refractivity contribution in [2.24, 2.45) is 0 Å². The van der Waals surface area contributed by atoms with Gasteiger partial charge in [0, 0.05) is 24.3 Å². The number of rotatable bonds is 5. The molecular weight excluding hydrogens is 402 g/mol. The molecule has 1 aromatic heterocycles. The van der Waals surface area contributed by atoms with Crippen molar-refractivity contribution in [1.29, 1.82) is 0 Å². The maximum absolute atomic E-state index is 12.4. The Labute approximate surface area is 170 Å². The summed E-state index contributed by atoms with van der Waals surface area (Å²) in [6.45, 7) is 2.20. The van der Waals surface area contributed by atoms with E-state index in [9.17, 15) is 24.0 Å². The van der Waals surface area contributed by atoms with Gasteiger partial charge >= 0.3 is 12.1 Å². The number of hydrogen-bond donors (Lipinski definition) is 1. The molecule has 2 aliphatic rings. The van der Waals surface area contributed by atoms with E-state index in [-0.39, 0.29) is 36.6 Å². The van der Waals surface area contributed by atoms with E-state index >= 15 is 0 Å². The highest BCUT2D eigenvalue weighted by Gasteiger charge is 2.33. The van der Waals surface area contributed by atoms with Crippen LogP contribution in [0, 0.1) is 0 Å². The molecule has 4 amide bonds. The molecule has 0 spiro atoms. The number of esters is 1. The summed E-state index contributed by atoms with van der Waals surface area (Å²) in [5, 5.41) is 2.89. The number of nitrogens with zero attached hydrogens (tertiary/aromatic N) is 2. The number of ether oxygens (including phenoxy) is 2. The van der Waals surface area contributed by atoms with Crippen LogP contribution < -0.4 is 5.32 Å². The predicted octanol–water partition coefficient (Wildman–Crippen LogP) is 1.14. The number of nitrogens with one attached hydrogen (secondary N) is 1. The van der Waals surface area contributed by atoms with Crippen LogP contribution in [0.3, 0.4) is 0 Å². The van der Waals surface area contributed by atoms with Crippen molar-refractivity contribution in [3.05, 3.63) is 16.0 Å². The Bertz CT molecular complexity index is 863. The molecule has 3 heterocycles. The topological polar surface area (TPSA) is 122 Å². The zero-order valence-corrected chi connectivity index (χ0v) is 16.9. The predicted molar refractivity (Wildman–Crippen MR) is 101 cm³/mol. The number of thiophene rings is 1. The summed E-state index contributed by atoms with van der Waals surface area (Å²) >= 11 is 1.16. The minimum absolute atomic E-state index is 0.0938. The number of hydrogen-bond acceptors (Lipinski definition) is 8. The van der Waals surface area contributed by atoms with Gasteiger partial charge in [-0.2, -0.15) is 0 Å². The van der Waals surface area contributed by atoms with Crippen molar-refractivity contribution < 1.29 is 33.4 Å². The van der Waals surface area contributed by atoms with E-state index in [1.807, 2.05) is 0 Å². The SMILES string of the molecule is CCOC(=O)N1CCc2c(sc(NC(=O)CN3C(=O)CCC3=O)c2C(=O)OC)C1. The van der Waals surface area contributed by atoms with Crippen LogP contribution in [-0.4, -0.2) is 66.4 Å². The molecule has 1 saturated heterocycles. The van der Waals surface area contributed by atoms with E-state index < -0.39 is 36.3 Å². The third kappa shape index (κ3) is 4.24. The molecular formula is C18H21N3O7S. The fraction of sp³-hybridized carbons (Fsp3) is 0.500. The first-order chi connectivity index (χ1) is 13.8. The van der Waals surface area contributed by atoms with Crippen LogP contribution in [-0.2, 0) is 36.8 Å². The Kier molecular flexibility index (Phi) is 6.16. The standard InChI is InChI=1S/C18H21N3O7S/c1-3-28-18(26)20-7-6-10-11(8-20)29-16(15(10)17(25)27-2)19-12(22)9-21-13(23)4-5-14(21)24/h3-9H2,1-2H3,(H,19,22). The van der Waals surface area contributed by atoms with Gasteiger partial charge in [0.25, 0.3) is 0 Å². The highest BCUT2D eigenvalue weighted by molar-refractivity contribution is 7.17. The van der Waals surface area contributed by atoms with Crippen LogP contribution in [0.4, 0.5) is 9.80 Å². The summed E-state index contributed by atoms with van der Waals surface area (Å²) in [7, 11) is 1.24. The molecule has 11 heteroatoms. The molecule has 0 unspecified atom stereocenters. The molecule has 0 bridgehead atoms. The van der Waals surface area contributed by atoms with E-state index in [4.69, 9.17) is 9.47 Å². The minimum Gasteiger partial charge on any atom is -0.465 e. The molecule has 1 fully saturated rings. The molecule has 10 nitrogen and oxygen atoms in total. The molecule has 0 aromatic carbocycles. The van der Waals surface area contributed by atoms with Crippen LogP contribution in [0.25, 0.3) is 0 Å². The lowest BCUT2D eigenvalue weighted by Crippen LogP contribution is -2.37.